The normalized spacial score (nSPS) is 20.8. The third-order valence-electron chi connectivity index (χ3n) is 3.05. The summed E-state index contributed by atoms with van der Waals surface area (Å²) in [4.78, 5) is 18.3. The molecule has 1 aromatic heterocycles. The topological polar surface area (TPSA) is 59.2 Å². The van der Waals surface area contributed by atoms with Crippen LogP contribution in [0.25, 0.3) is 0 Å². The highest BCUT2D eigenvalue weighted by Gasteiger charge is 2.33. The van der Waals surface area contributed by atoms with Gasteiger partial charge < -0.3 is 5.73 Å². The van der Waals surface area contributed by atoms with E-state index in [1.807, 2.05) is 0 Å². The molecule has 2 rings (SSSR count). The van der Waals surface area contributed by atoms with Crippen LogP contribution in [-0.2, 0) is 10.2 Å². The standard InChI is InChI=1S/C12H18BrN3OS/c1-12(2,3)9-10(13)18-11(15-9)16-6-7(5-14)4-8(16)17/h7H,4-6,14H2,1-3H3. The van der Waals surface area contributed by atoms with E-state index in [-0.39, 0.29) is 17.2 Å². The van der Waals surface area contributed by atoms with E-state index < -0.39 is 0 Å². The molecule has 1 aliphatic heterocycles. The largest absolute Gasteiger partial charge is 0.330 e. The predicted molar refractivity (Wildman–Crippen MR) is 78.0 cm³/mol. The number of hydrogen-bond donors (Lipinski definition) is 1. The van der Waals surface area contributed by atoms with Crippen molar-refractivity contribution in [3.05, 3.63) is 9.48 Å². The van der Waals surface area contributed by atoms with E-state index in [0.717, 1.165) is 14.6 Å². The highest BCUT2D eigenvalue weighted by molar-refractivity contribution is 9.11. The molecule has 1 aliphatic rings. The summed E-state index contributed by atoms with van der Waals surface area (Å²) >= 11 is 5.07. The summed E-state index contributed by atoms with van der Waals surface area (Å²) in [5.41, 5.74) is 6.62. The molecule has 1 fully saturated rings. The van der Waals surface area contributed by atoms with Crippen molar-refractivity contribution in [1.29, 1.82) is 0 Å². The molecule has 0 aliphatic carbocycles. The van der Waals surface area contributed by atoms with Gasteiger partial charge >= 0.3 is 0 Å². The number of carbonyl (C=O) groups is 1. The van der Waals surface area contributed by atoms with Gasteiger partial charge in [0.15, 0.2) is 5.13 Å². The Bertz CT molecular complexity index is 466. The summed E-state index contributed by atoms with van der Waals surface area (Å²) in [6.45, 7) is 7.60. The third-order valence-corrected chi connectivity index (χ3v) is 4.78. The zero-order valence-electron chi connectivity index (χ0n) is 10.9. The molecule has 18 heavy (non-hydrogen) atoms. The van der Waals surface area contributed by atoms with Crippen molar-refractivity contribution >= 4 is 38.3 Å². The van der Waals surface area contributed by atoms with E-state index >= 15 is 0 Å². The first-order chi connectivity index (χ1) is 8.32. The number of anilines is 1. The fraction of sp³-hybridized carbons (Fsp3) is 0.667. The number of nitrogens with zero attached hydrogens (tertiary/aromatic N) is 2. The van der Waals surface area contributed by atoms with Gasteiger partial charge in [-0.15, -0.1) is 0 Å². The van der Waals surface area contributed by atoms with E-state index in [9.17, 15) is 4.79 Å². The van der Waals surface area contributed by atoms with Crippen molar-refractivity contribution < 1.29 is 4.79 Å². The summed E-state index contributed by atoms with van der Waals surface area (Å²) in [7, 11) is 0. The minimum Gasteiger partial charge on any atom is -0.330 e. The van der Waals surface area contributed by atoms with E-state index in [0.29, 0.717) is 19.5 Å². The molecule has 6 heteroatoms. The van der Waals surface area contributed by atoms with Crippen molar-refractivity contribution in [2.24, 2.45) is 11.7 Å². The van der Waals surface area contributed by atoms with Crippen LogP contribution in [0.15, 0.2) is 3.79 Å². The van der Waals surface area contributed by atoms with E-state index in [1.54, 1.807) is 4.90 Å². The Morgan fingerprint density at radius 2 is 2.22 bits per heavy atom. The second-order valence-corrected chi connectivity index (χ2v) is 7.97. The molecule has 4 nitrogen and oxygen atoms in total. The first-order valence-electron chi connectivity index (χ1n) is 6.00. The number of rotatable bonds is 2. The van der Waals surface area contributed by atoms with E-state index in [1.165, 1.54) is 11.3 Å². The van der Waals surface area contributed by atoms with Crippen LogP contribution in [-0.4, -0.2) is 24.0 Å². The maximum Gasteiger partial charge on any atom is 0.229 e. The van der Waals surface area contributed by atoms with Crippen LogP contribution in [0.1, 0.15) is 32.9 Å². The molecule has 1 amide bonds. The minimum atomic E-state index is -0.0242. The molecule has 1 saturated heterocycles. The number of hydrogen-bond acceptors (Lipinski definition) is 4. The number of carbonyl (C=O) groups excluding carboxylic acids is 1. The number of nitrogens with two attached hydrogens (primary N) is 1. The average molecular weight is 332 g/mol. The zero-order chi connectivity index (χ0) is 13.5. The van der Waals surface area contributed by atoms with Crippen LogP contribution in [0.3, 0.4) is 0 Å². The molecule has 0 saturated carbocycles. The quantitative estimate of drug-likeness (QED) is 0.905. The van der Waals surface area contributed by atoms with Crippen LogP contribution in [0, 0.1) is 5.92 Å². The Labute approximate surface area is 120 Å². The maximum absolute atomic E-state index is 11.9. The van der Waals surface area contributed by atoms with Crippen molar-refractivity contribution in [3.8, 4) is 0 Å². The number of amides is 1. The molecule has 1 unspecified atom stereocenters. The highest BCUT2D eigenvalue weighted by atomic mass is 79.9. The number of thiazole rings is 1. The molecular weight excluding hydrogens is 314 g/mol. The van der Waals surface area contributed by atoms with E-state index in [4.69, 9.17) is 5.73 Å². The van der Waals surface area contributed by atoms with Gasteiger partial charge in [-0.3, -0.25) is 9.69 Å². The third kappa shape index (κ3) is 2.60. The fourth-order valence-corrected chi connectivity index (χ4v) is 4.14. The summed E-state index contributed by atoms with van der Waals surface area (Å²) in [5, 5.41) is 0.785. The van der Waals surface area contributed by atoms with Crippen molar-refractivity contribution in [1.82, 2.24) is 4.98 Å². The number of halogens is 1. The van der Waals surface area contributed by atoms with Crippen molar-refractivity contribution in [3.63, 3.8) is 0 Å². The first kappa shape index (κ1) is 14.0. The van der Waals surface area contributed by atoms with Gasteiger partial charge in [0.1, 0.15) is 0 Å². The summed E-state index contributed by atoms with van der Waals surface area (Å²) < 4.78 is 1.01. The minimum absolute atomic E-state index is 0.0242. The molecule has 0 bridgehead atoms. The molecule has 0 aromatic carbocycles. The van der Waals surface area contributed by atoms with E-state index in [2.05, 4.69) is 41.7 Å². The second-order valence-electron chi connectivity index (χ2n) is 5.68. The summed E-state index contributed by atoms with van der Waals surface area (Å²) in [5.74, 6) is 0.394. The molecule has 0 spiro atoms. The van der Waals surface area contributed by atoms with Gasteiger partial charge in [-0.05, 0) is 28.4 Å². The summed E-state index contributed by atoms with van der Waals surface area (Å²) in [6, 6.07) is 0. The molecule has 2 heterocycles. The average Bonchev–Trinajstić information content (AvgIpc) is 2.80. The lowest BCUT2D eigenvalue weighted by atomic mass is 9.93. The predicted octanol–water partition coefficient (Wildman–Crippen LogP) is 2.51. The Hall–Kier alpha value is -0.460. The Morgan fingerprint density at radius 3 is 2.67 bits per heavy atom. The number of aromatic nitrogens is 1. The molecule has 1 atom stereocenters. The van der Waals surface area contributed by atoms with Crippen LogP contribution >= 0.6 is 27.3 Å². The van der Waals surface area contributed by atoms with Crippen molar-refractivity contribution in [2.45, 2.75) is 32.6 Å². The van der Waals surface area contributed by atoms with Crippen LogP contribution in [0.5, 0.6) is 0 Å². The summed E-state index contributed by atoms with van der Waals surface area (Å²) in [6.07, 6.45) is 0.540. The molecule has 0 radical (unpaired) electrons. The first-order valence-corrected chi connectivity index (χ1v) is 7.61. The Balaban J connectivity index is 2.28. The van der Waals surface area contributed by atoms with Crippen LogP contribution in [0.2, 0.25) is 0 Å². The monoisotopic (exact) mass is 331 g/mol. The molecule has 1 aromatic rings. The van der Waals surface area contributed by atoms with Gasteiger partial charge in [0, 0.05) is 18.4 Å². The van der Waals surface area contributed by atoms with Gasteiger partial charge in [0.05, 0.1) is 9.48 Å². The molecule has 2 N–H and O–H groups in total. The molecular formula is C12H18BrN3OS. The highest BCUT2D eigenvalue weighted by Crippen LogP contribution is 2.39. The van der Waals surface area contributed by atoms with Crippen LogP contribution < -0.4 is 10.6 Å². The maximum atomic E-state index is 11.9. The van der Waals surface area contributed by atoms with Gasteiger partial charge in [-0.2, -0.15) is 0 Å². The fourth-order valence-electron chi connectivity index (χ4n) is 1.99. The van der Waals surface area contributed by atoms with Gasteiger partial charge in [0.2, 0.25) is 5.91 Å². The lowest BCUT2D eigenvalue weighted by Gasteiger charge is -2.16. The van der Waals surface area contributed by atoms with Crippen LogP contribution in [0.4, 0.5) is 5.13 Å². The van der Waals surface area contributed by atoms with Gasteiger partial charge in [-0.25, -0.2) is 4.98 Å². The zero-order valence-corrected chi connectivity index (χ0v) is 13.3. The van der Waals surface area contributed by atoms with Gasteiger partial charge in [0.25, 0.3) is 0 Å². The molecule has 100 valence electrons. The Morgan fingerprint density at radius 1 is 1.56 bits per heavy atom. The smallest absolute Gasteiger partial charge is 0.229 e. The SMILES string of the molecule is CC(C)(C)c1nc(N2CC(CN)CC2=O)sc1Br. The lowest BCUT2D eigenvalue weighted by Crippen LogP contribution is -2.26. The van der Waals surface area contributed by atoms with Gasteiger partial charge in [-0.1, -0.05) is 32.1 Å². The Kier molecular flexibility index (Phi) is 3.80. The lowest BCUT2D eigenvalue weighted by molar-refractivity contribution is -0.117. The second kappa shape index (κ2) is 4.90. The van der Waals surface area contributed by atoms with Crippen molar-refractivity contribution in [2.75, 3.05) is 18.0 Å².